The van der Waals surface area contributed by atoms with Crippen LogP contribution in [0.15, 0.2) is 68.4 Å². The molecule has 0 fully saturated rings. The topological polar surface area (TPSA) is 39.4 Å². The Morgan fingerprint density at radius 1 is 0.778 bits per heavy atom. The SMILES string of the molecule is CP(I)(c1ccco1)(c1ccco1)c1ccco1. The Hall–Kier alpha value is -1.00. The predicted octanol–water partition coefficient (Wildman–Crippen LogP) is 3.28. The van der Waals surface area contributed by atoms with Crippen molar-refractivity contribution in [1.82, 2.24) is 0 Å². The van der Waals surface area contributed by atoms with Crippen molar-refractivity contribution in [2.75, 3.05) is 6.66 Å². The van der Waals surface area contributed by atoms with Crippen LogP contribution in [0.25, 0.3) is 0 Å². The van der Waals surface area contributed by atoms with E-state index in [1.165, 1.54) is 0 Å². The van der Waals surface area contributed by atoms with E-state index in [0.29, 0.717) is 0 Å². The first-order valence-corrected chi connectivity index (χ1v) is 10.9. The molecule has 3 rings (SSSR count). The van der Waals surface area contributed by atoms with Crippen molar-refractivity contribution in [2.24, 2.45) is 0 Å². The van der Waals surface area contributed by atoms with Crippen LogP contribution >= 0.6 is 26.3 Å². The Bertz CT molecular complexity index is 533. The molecule has 0 N–H and O–H groups in total. The molecule has 0 aliphatic carbocycles. The minimum atomic E-state index is -2.74. The van der Waals surface area contributed by atoms with Crippen molar-refractivity contribution in [3.8, 4) is 0 Å². The molecule has 3 nitrogen and oxygen atoms in total. The van der Waals surface area contributed by atoms with E-state index in [0.717, 1.165) is 16.5 Å². The summed E-state index contributed by atoms with van der Waals surface area (Å²) in [6, 6.07) is 11.6. The van der Waals surface area contributed by atoms with Gasteiger partial charge in [0.2, 0.25) is 0 Å². The zero-order chi connectivity index (χ0) is 12.7. The van der Waals surface area contributed by atoms with Crippen LogP contribution in [0, 0.1) is 0 Å². The van der Waals surface area contributed by atoms with Crippen molar-refractivity contribution in [3.63, 3.8) is 0 Å². The van der Waals surface area contributed by atoms with Gasteiger partial charge < -0.3 is 0 Å². The van der Waals surface area contributed by atoms with Gasteiger partial charge in [0.25, 0.3) is 0 Å². The second-order valence-corrected chi connectivity index (χ2v) is 15.7. The van der Waals surface area contributed by atoms with Crippen molar-refractivity contribution in [2.45, 2.75) is 0 Å². The molecule has 0 bridgehead atoms. The van der Waals surface area contributed by atoms with Crippen molar-refractivity contribution < 1.29 is 13.3 Å². The molecule has 3 heterocycles. The normalized spacial score (nSPS) is 14.2. The molecule has 0 aliphatic rings. The van der Waals surface area contributed by atoms with Gasteiger partial charge in [-0.2, -0.15) is 0 Å². The number of halogens is 1. The first kappa shape index (κ1) is 12.1. The van der Waals surface area contributed by atoms with Gasteiger partial charge in [0.15, 0.2) is 0 Å². The maximum absolute atomic E-state index is 5.68. The van der Waals surface area contributed by atoms with Gasteiger partial charge in [-0.15, -0.1) is 0 Å². The molecule has 3 aromatic heterocycles. The van der Waals surface area contributed by atoms with Crippen LogP contribution < -0.4 is 16.5 Å². The fourth-order valence-corrected chi connectivity index (χ4v) is 7.42. The van der Waals surface area contributed by atoms with Gasteiger partial charge in [0.1, 0.15) is 0 Å². The van der Waals surface area contributed by atoms with Crippen LogP contribution in [0.2, 0.25) is 0 Å². The quantitative estimate of drug-likeness (QED) is 0.522. The Morgan fingerprint density at radius 2 is 1.11 bits per heavy atom. The molecule has 0 saturated carbocycles. The third-order valence-electron chi connectivity index (χ3n) is 3.09. The van der Waals surface area contributed by atoms with Crippen molar-refractivity contribution in [1.29, 1.82) is 0 Å². The molecule has 0 unspecified atom stereocenters. The molecule has 0 aliphatic heterocycles. The van der Waals surface area contributed by atoms with E-state index in [2.05, 4.69) is 28.7 Å². The first-order valence-electron chi connectivity index (χ1n) is 5.47. The van der Waals surface area contributed by atoms with Gasteiger partial charge in [-0.3, -0.25) is 0 Å². The molecule has 0 amide bonds. The Labute approximate surface area is 118 Å². The molecule has 0 radical (unpaired) electrons. The van der Waals surface area contributed by atoms with Gasteiger partial charge in [-0.05, 0) is 0 Å². The maximum atomic E-state index is 5.68. The summed E-state index contributed by atoms with van der Waals surface area (Å²) < 4.78 is 14.3. The van der Waals surface area contributed by atoms with E-state index in [-0.39, 0.29) is 0 Å². The van der Waals surface area contributed by atoms with Gasteiger partial charge in [0, 0.05) is 0 Å². The summed E-state index contributed by atoms with van der Waals surface area (Å²) in [4.78, 5) is 0. The zero-order valence-corrected chi connectivity index (χ0v) is 12.8. The first-order chi connectivity index (χ1) is 8.62. The van der Waals surface area contributed by atoms with Gasteiger partial charge in [-0.25, -0.2) is 0 Å². The van der Waals surface area contributed by atoms with Crippen LogP contribution in [0.4, 0.5) is 0 Å². The van der Waals surface area contributed by atoms with Crippen LogP contribution in [0.5, 0.6) is 0 Å². The molecule has 3 aromatic rings. The van der Waals surface area contributed by atoms with E-state index in [1.54, 1.807) is 18.8 Å². The molecular formula is C13H12IO3P. The van der Waals surface area contributed by atoms with E-state index in [9.17, 15) is 0 Å². The average Bonchev–Trinajstić information content (AvgIpc) is 3.13. The Morgan fingerprint density at radius 3 is 1.33 bits per heavy atom. The summed E-state index contributed by atoms with van der Waals surface area (Å²) in [6.07, 6.45) is 5.06. The van der Waals surface area contributed by atoms with E-state index in [4.69, 9.17) is 13.3 Å². The fraction of sp³-hybridized carbons (Fsp3) is 0.0769. The molecule has 5 heteroatoms. The van der Waals surface area contributed by atoms with E-state index in [1.807, 2.05) is 36.4 Å². The second-order valence-electron chi connectivity index (χ2n) is 4.28. The predicted molar refractivity (Wildman–Crippen MR) is 81.9 cm³/mol. The fourth-order valence-electron chi connectivity index (χ4n) is 2.04. The summed E-state index contributed by atoms with van der Waals surface area (Å²) in [5, 5.41) is 0. The number of rotatable bonds is 3. The molecule has 18 heavy (non-hydrogen) atoms. The number of furan rings is 3. The van der Waals surface area contributed by atoms with E-state index >= 15 is 0 Å². The summed E-state index contributed by atoms with van der Waals surface area (Å²) in [5.41, 5.74) is 2.68. The second kappa shape index (κ2) is 4.00. The molecule has 0 atom stereocenters. The molecule has 94 valence electrons. The summed E-state index contributed by atoms with van der Waals surface area (Å²) in [5.74, 6) is 0. The zero-order valence-electron chi connectivity index (χ0n) is 9.75. The number of hydrogen-bond donors (Lipinski definition) is 0. The summed E-state index contributed by atoms with van der Waals surface area (Å²) >= 11 is 2.45. The average molecular weight is 374 g/mol. The van der Waals surface area contributed by atoms with E-state index < -0.39 is 4.25 Å². The summed E-state index contributed by atoms with van der Waals surface area (Å²) in [7, 11) is 0. The van der Waals surface area contributed by atoms with Crippen LogP contribution in [0.3, 0.4) is 0 Å². The molecule has 0 saturated heterocycles. The molecule has 0 aromatic carbocycles. The van der Waals surface area contributed by atoms with Crippen LogP contribution in [0.1, 0.15) is 0 Å². The third-order valence-corrected chi connectivity index (χ3v) is 11.3. The standard InChI is InChI=1S/C13H12IO3P/c1-18(14,11-5-2-8-15-11,12-6-3-9-16-12)13-7-4-10-17-13/h2-10H,1H3. The van der Waals surface area contributed by atoms with Gasteiger partial charge in [-0.1, -0.05) is 0 Å². The Kier molecular flexibility index (Phi) is 2.68. The minimum absolute atomic E-state index is 0.895. The van der Waals surface area contributed by atoms with Gasteiger partial charge in [0.05, 0.1) is 0 Å². The number of hydrogen-bond acceptors (Lipinski definition) is 3. The van der Waals surface area contributed by atoms with Crippen LogP contribution in [-0.4, -0.2) is 6.66 Å². The third kappa shape index (κ3) is 1.52. The molecular weight excluding hydrogens is 362 g/mol. The monoisotopic (exact) mass is 374 g/mol. The van der Waals surface area contributed by atoms with Gasteiger partial charge >= 0.3 is 118 Å². The van der Waals surface area contributed by atoms with Crippen molar-refractivity contribution in [3.05, 3.63) is 55.2 Å². The summed E-state index contributed by atoms with van der Waals surface area (Å²) in [6.45, 7) is 2.16. The Balaban J connectivity index is 2.34. The van der Waals surface area contributed by atoms with Crippen LogP contribution in [-0.2, 0) is 0 Å². The van der Waals surface area contributed by atoms with Crippen molar-refractivity contribution >= 4 is 42.8 Å². The molecule has 0 spiro atoms.